The molecule has 1 N–H and O–H groups in total. The van der Waals surface area contributed by atoms with Gasteiger partial charge in [0.2, 0.25) is 0 Å². The highest BCUT2D eigenvalue weighted by Gasteiger charge is 2.30. The molecule has 1 fully saturated rings. The Balaban J connectivity index is 1.73. The Hall–Kier alpha value is -3.23. The van der Waals surface area contributed by atoms with Crippen molar-refractivity contribution in [2.75, 3.05) is 18.1 Å². The van der Waals surface area contributed by atoms with Gasteiger partial charge in [0.25, 0.3) is 5.56 Å². The summed E-state index contributed by atoms with van der Waals surface area (Å²) in [6.45, 7) is 2.06. The average Bonchev–Trinajstić information content (AvgIpc) is 3.35. The molecule has 0 bridgehead atoms. The first-order chi connectivity index (χ1) is 13.6. The van der Waals surface area contributed by atoms with E-state index < -0.39 is 12.6 Å². The molecule has 1 atom stereocenters. The van der Waals surface area contributed by atoms with Crippen LogP contribution >= 0.6 is 0 Å². The lowest BCUT2D eigenvalue weighted by Crippen LogP contribution is -2.28. The van der Waals surface area contributed by atoms with Crippen molar-refractivity contribution < 1.29 is 13.9 Å². The molecule has 1 aliphatic heterocycles. The van der Waals surface area contributed by atoms with Gasteiger partial charge in [-0.2, -0.15) is 5.10 Å². The normalized spacial score (nSPS) is 16.6. The predicted octanol–water partition coefficient (Wildman–Crippen LogP) is 2.41. The van der Waals surface area contributed by atoms with Crippen LogP contribution in [0.5, 0.6) is 0 Å². The summed E-state index contributed by atoms with van der Waals surface area (Å²) in [6, 6.07) is 3.20. The molecule has 0 saturated carbocycles. The van der Waals surface area contributed by atoms with Gasteiger partial charge in [0.05, 0.1) is 18.8 Å². The van der Waals surface area contributed by atoms with Gasteiger partial charge in [-0.3, -0.25) is 4.79 Å². The first kappa shape index (κ1) is 18.1. The molecule has 0 radical (unpaired) electrons. The Kier molecular flexibility index (Phi) is 4.81. The van der Waals surface area contributed by atoms with Crippen molar-refractivity contribution in [1.29, 1.82) is 0 Å². The molecule has 1 saturated heterocycles. The number of pyridine rings is 1. The number of esters is 1. The maximum atomic E-state index is 13.1. The number of hydrogen-bond donors (Lipinski definition) is 1. The third-order valence-corrected chi connectivity index (χ3v) is 4.90. The van der Waals surface area contributed by atoms with Gasteiger partial charge in [-0.25, -0.2) is 18.7 Å². The monoisotopic (exact) mass is 385 g/mol. The van der Waals surface area contributed by atoms with E-state index in [9.17, 15) is 14.0 Å². The third-order valence-electron chi connectivity index (χ3n) is 4.90. The zero-order valence-electron chi connectivity index (χ0n) is 15.4. The maximum Gasteiger partial charge on any atom is 0.343 e. The number of fused-ring (bicyclic) bond motifs is 1. The standard InChI is InChI=1S/C19H20FN5O3/c1-2-28-19(27)14-11-22-25-7-5-16(23-17(14)25)24-6-3-4-15(24)13-8-12(9-20)10-21-18(13)26/h5,7-8,10-11,15H,2-4,6,9H2,1H3,(H,21,26). The van der Waals surface area contributed by atoms with Crippen molar-refractivity contribution in [3.05, 3.63) is 57.8 Å². The minimum atomic E-state index is -0.639. The fourth-order valence-electron chi connectivity index (χ4n) is 3.61. The molecule has 8 nitrogen and oxygen atoms in total. The number of aromatic nitrogens is 4. The summed E-state index contributed by atoms with van der Waals surface area (Å²) in [7, 11) is 0. The highest BCUT2D eigenvalue weighted by molar-refractivity contribution is 5.95. The van der Waals surface area contributed by atoms with Crippen molar-refractivity contribution >= 4 is 17.4 Å². The van der Waals surface area contributed by atoms with Crippen LogP contribution in [-0.4, -0.2) is 38.7 Å². The van der Waals surface area contributed by atoms with E-state index in [2.05, 4.69) is 15.1 Å². The van der Waals surface area contributed by atoms with Crippen LogP contribution in [-0.2, 0) is 11.4 Å². The molecule has 0 aliphatic carbocycles. The lowest BCUT2D eigenvalue weighted by molar-refractivity contribution is 0.0528. The van der Waals surface area contributed by atoms with Crippen molar-refractivity contribution in [3.63, 3.8) is 0 Å². The molecule has 3 aromatic heterocycles. The van der Waals surface area contributed by atoms with Crippen LogP contribution in [0, 0.1) is 0 Å². The van der Waals surface area contributed by atoms with Crippen LogP contribution in [0.1, 0.15) is 47.3 Å². The minimum absolute atomic E-state index is 0.209. The molecule has 146 valence electrons. The minimum Gasteiger partial charge on any atom is -0.462 e. The lowest BCUT2D eigenvalue weighted by Gasteiger charge is -2.25. The lowest BCUT2D eigenvalue weighted by atomic mass is 10.0. The van der Waals surface area contributed by atoms with Gasteiger partial charge >= 0.3 is 5.97 Å². The summed E-state index contributed by atoms with van der Waals surface area (Å²) in [6.07, 6.45) is 6.18. The average molecular weight is 385 g/mol. The predicted molar refractivity (Wildman–Crippen MR) is 100 cm³/mol. The number of halogens is 1. The SMILES string of the molecule is CCOC(=O)c1cnn2ccc(N3CCCC3c3cc(CF)c[nH]c3=O)nc12. The van der Waals surface area contributed by atoms with Gasteiger partial charge in [0.15, 0.2) is 5.65 Å². The van der Waals surface area contributed by atoms with Gasteiger partial charge in [-0.15, -0.1) is 0 Å². The summed E-state index contributed by atoms with van der Waals surface area (Å²) >= 11 is 0. The molecule has 9 heteroatoms. The number of nitrogens with one attached hydrogen (secondary N) is 1. The Morgan fingerprint density at radius 2 is 2.32 bits per heavy atom. The molecule has 0 amide bonds. The first-order valence-electron chi connectivity index (χ1n) is 9.18. The number of carbonyl (C=O) groups is 1. The molecule has 1 aliphatic rings. The van der Waals surface area contributed by atoms with Crippen molar-refractivity contribution in [2.24, 2.45) is 0 Å². The zero-order valence-corrected chi connectivity index (χ0v) is 15.4. The van der Waals surface area contributed by atoms with E-state index in [1.807, 2.05) is 4.90 Å². The second kappa shape index (κ2) is 7.41. The number of carbonyl (C=O) groups excluding carboxylic acids is 1. The Morgan fingerprint density at radius 1 is 1.46 bits per heavy atom. The van der Waals surface area contributed by atoms with E-state index in [0.29, 0.717) is 29.1 Å². The van der Waals surface area contributed by atoms with Gasteiger partial charge in [-0.1, -0.05) is 0 Å². The molecule has 4 heterocycles. The van der Waals surface area contributed by atoms with E-state index in [4.69, 9.17) is 4.74 Å². The van der Waals surface area contributed by atoms with Crippen molar-refractivity contribution in [1.82, 2.24) is 19.6 Å². The summed E-state index contributed by atoms with van der Waals surface area (Å²) in [5.41, 5.74) is 1.41. The fraction of sp³-hybridized carbons (Fsp3) is 0.368. The van der Waals surface area contributed by atoms with E-state index in [1.165, 1.54) is 16.9 Å². The van der Waals surface area contributed by atoms with Gasteiger partial charge in [0, 0.05) is 24.5 Å². The maximum absolute atomic E-state index is 13.1. The molecular formula is C19H20FN5O3. The smallest absolute Gasteiger partial charge is 0.343 e. The Morgan fingerprint density at radius 3 is 3.11 bits per heavy atom. The number of rotatable bonds is 5. The fourth-order valence-corrected chi connectivity index (χ4v) is 3.61. The van der Waals surface area contributed by atoms with Crippen molar-refractivity contribution in [2.45, 2.75) is 32.5 Å². The number of aromatic amines is 1. The molecular weight excluding hydrogens is 365 g/mol. The van der Waals surface area contributed by atoms with Crippen LogP contribution in [0.15, 0.2) is 35.5 Å². The van der Waals surface area contributed by atoms with E-state index in [0.717, 1.165) is 12.8 Å². The summed E-state index contributed by atoms with van der Waals surface area (Å²) < 4.78 is 19.6. The Labute approximate surface area is 160 Å². The van der Waals surface area contributed by atoms with Gasteiger partial charge < -0.3 is 14.6 Å². The van der Waals surface area contributed by atoms with Crippen molar-refractivity contribution in [3.8, 4) is 0 Å². The van der Waals surface area contributed by atoms with Crippen LogP contribution in [0.4, 0.5) is 10.2 Å². The molecule has 4 rings (SSSR count). The second-order valence-electron chi connectivity index (χ2n) is 6.61. The topological polar surface area (TPSA) is 92.6 Å². The van der Waals surface area contributed by atoms with E-state index in [1.54, 1.807) is 25.3 Å². The summed E-state index contributed by atoms with van der Waals surface area (Å²) in [5, 5.41) is 4.14. The highest BCUT2D eigenvalue weighted by atomic mass is 19.1. The molecule has 0 spiro atoms. The van der Waals surface area contributed by atoms with E-state index in [-0.39, 0.29) is 23.8 Å². The number of hydrogen-bond acceptors (Lipinski definition) is 6. The number of ether oxygens (including phenoxy) is 1. The third kappa shape index (κ3) is 3.12. The largest absolute Gasteiger partial charge is 0.462 e. The molecule has 28 heavy (non-hydrogen) atoms. The second-order valence-corrected chi connectivity index (χ2v) is 6.61. The highest BCUT2D eigenvalue weighted by Crippen LogP contribution is 2.34. The summed E-state index contributed by atoms with van der Waals surface area (Å²) in [4.78, 5) is 33.7. The number of H-pyrrole nitrogens is 1. The van der Waals surface area contributed by atoms with E-state index >= 15 is 0 Å². The van der Waals surface area contributed by atoms with Gasteiger partial charge in [0.1, 0.15) is 18.1 Å². The quantitative estimate of drug-likeness (QED) is 0.678. The zero-order chi connectivity index (χ0) is 19.7. The van der Waals surface area contributed by atoms with Crippen LogP contribution in [0.3, 0.4) is 0 Å². The molecule has 0 aromatic carbocycles. The number of alkyl halides is 1. The van der Waals surface area contributed by atoms with Crippen LogP contribution in [0.2, 0.25) is 0 Å². The number of nitrogens with zero attached hydrogens (tertiary/aromatic N) is 4. The molecule has 3 aromatic rings. The number of anilines is 1. The Bertz CT molecular complexity index is 1080. The van der Waals surface area contributed by atoms with Gasteiger partial charge in [-0.05, 0) is 37.5 Å². The summed E-state index contributed by atoms with van der Waals surface area (Å²) in [5.74, 6) is 0.151. The molecule has 1 unspecified atom stereocenters. The van der Waals surface area contributed by atoms with Crippen LogP contribution in [0.25, 0.3) is 5.65 Å². The first-order valence-corrected chi connectivity index (χ1v) is 9.18. The van der Waals surface area contributed by atoms with Crippen LogP contribution < -0.4 is 10.5 Å².